The molecule has 1 rings (SSSR count). The largest absolute Gasteiger partial charge is 0.393 e. The van der Waals surface area contributed by atoms with Gasteiger partial charge in [-0.25, -0.2) is 0 Å². The second-order valence-electron chi connectivity index (χ2n) is 2.61. The van der Waals surface area contributed by atoms with Crippen molar-refractivity contribution in [3.05, 3.63) is 24.0 Å². The quantitative estimate of drug-likeness (QED) is 0.651. The number of hydrogen-bond acceptors (Lipinski definition) is 1. The summed E-state index contributed by atoms with van der Waals surface area (Å²) < 4.78 is 0. The van der Waals surface area contributed by atoms with E-state index in [1.165, 1.54) is 5.56 Å². The Kier molecular flexibility index (Phi) is 2.51. The lowest BCUT2D eigenvalue weighted by molar-refractivity contribution is 0.185. The Morgan fingerprint density at radius 1 is 1.70 bits per heavy atom. The van der Waals surface area contributed by atoms with Crippen LogP contribution in [-0.2, 0) is 6.42 Å². The summed E-state index contributed by atoms with van der Waals surface area (Å²) in [5.74, 6) is 0. The number of aromatic amines is 1. The fourth-order valence-electron chi connectivity index (χ4n) is 0.889. The molecule has 2 heteroatoms. The zero-order valence-corrected chi connectivity index (χ0v) is 6.17. The number of aromatic nitrogens is 1. The molecule has 0 aliphatic carbocycles. The van der Waals surface area contributed by atoms with Crippen LogP contribution < -0.4 is 0 Å². The summed E-state index contributed by atoms with van der Waals surface area (Å²) in [5, 5.41) is 8.94. The Bertz CT molecular complexity index is 167. The summed E-state index contributed by atoms with van der Waals surface area (Å²) >= 11 is 0. The van der Waals surface area contributed by atoms with Crippen LogP contribution in [0.3, 0.4) is 0 Å². The maximum absolute atomic E-state index is 8.94. The smallest absolute Gasteiger partial charge is 0.0515 e. The molecule has 0 fully saturated rings. The van der Waals surface area contributed by atoms with Gasteiger partial charge >= 0.3 is 0 Å². The van der Waals surface area contributed by atoms with Crippen molar-refractivity contribution in [1.82, 2.24) is 4.98 Å². The van der Waals surface area contributed by atoms with Gasteiger partial charge in [0.2, 0.25) is 0 Å². The average Bonchev–Trinajstić information content (AvgIpc) is 2.34. The first-order chi connectivity index (χ1) is 4.79. The van der Waals surface area contributed by atoms with E-state index in [0.717, 1.165) is 12.8 Å². The van der Waals surface area contributed by atoms with Crippen molar-refractivity contribution in [2.75, 3.05) is 0 Å². The normalized spacial score (nSPS) is 13.4. The third kappa shape index (κ3) is 2.23. The van der Waals surface area contributed by atoms with Gasteiger partial charge < -0.3 is 10.1 Å². The lowest BCUT2D eigenvalue weighted by atomic mass is 10.1. The number of aliphatic hydroxyl groups is 1. The summed E-state index contributed by atoms with van der Waals surface area (Å²) in [5.41, 5.74) is 1.26. The average molecular weight is 139 g/mol. The molecule has 10 heavy (non-hydrogen) atoms. The first-order valence-corrected chi connectivity index (χ1v) is 3.59. The van der Waals surface area contributed by atoms with Crippen LogP contribution in [-0.4, -0.2) is 16.2 Å². The van der Waals surface area contributed by atoms with Crippen LogP contribution in [0.25, 0.3) is 0 Å². The van der Waals surface area contributed by atoms with Crippen LogP contribution in [0.1, 0.15) is 18.9 Å². The van der Waals surface area contributed by atoms with Gasteiger partial charge in [0.25, 0.3) is 0 Å². The maximum Gasteiger partial charge on any atom is 0.0515 e. The number of hydrogen-bond donors (Lipinski definition) is 2. The van der Waals surface area contributed by atoms with E-state index in [-0.39, 0.29) is 6.10 Å². The number of aryl methyl sites for hydroxylation is 1. The van der Waals surface area contributed by atoms with E-state index < -0.39 is 0 Å². The molecule has 1 atom stereocenters. The first kappa shape index (κ1) is 7.35. The van der Waals surface area contributed by atoms with Gasteiger partial charge in [-0.1, -0.05) is 0 Å². The van der Waals surface area contributed by atoms with Gasteiger partial charge in [0.15, 0.2) is 0 Å². The molecular weight excluding hydrogens is 126 g/mol. The Balaban J connectivity index is 2.28. The van der Waals surface area contributed by atoms with Crippen molar-refractivity contribution in [2.45, 2.75) is 25.9 Å². The minimum Gasteiger partial charge on any atom is -0.393 e. The zero-order chi connectivity index (χ0) is 7.40. The van der Waals surface area contributed by atoms with Gasteiger partial charge in [0.05, 0.1) is 6.10 Å². The molecule has 56 valence electrons. The molecule has 0 aliphatic heterocycles. The lowest BCUT2D eigenvalue weighted by Crippen LogP contribution is -2.00. The van der Waals surface area contributed by atoms with Crippen molar-refractivity contribution < 1.29 is 5.11 Å². The monoisotopic (exact) mass is 139 g/mol. The van der Waals surface area contributed by atoms with E-state index in [9.17, 15) is 0 Å². The van der Waals surface area contributed by atoms with E-state index in [2.05, 4.69) is 4.98 Å². The molecule has 0 radical (unpaired) electrons. The molecule has 0 saturated heterocycles. The Hall–Kier alpha value is -0.760. The molecule has 0 aliphatic rings. The summed E-state index contributed by atoms with van der Waals surface area (Å²) in [7, 11) is 0. The summed E-state index contributed by atoms with van der Waals surface area (Å²) in [6.45, 7) is 1.81. The number of aliphatic hydroxyl groups excluding tert-OH is 1. The van der Waals surface area contributed by atoms with Gasteiger partial charge in [0, 0.05) is 12.4 Å². The van der Waals surface area contributed by atoms with Crippen molar-refractivity contribution in [3.63, 3.8) is 0 Å². The third-order valence-electron chi connectivity index (χ3n) is 1.51. The predicted octanol–water partition coefficient (Wildman–Crippen LogP) is 1.33. The van der Waals surface area contributed by atoms with Crippen molar-refractivity contribution in [2.24, 2.45) is 0 Å². The molecule has 1 aromatic rings. The highest BCUT2D eigenvalue weighted by atomic mass is 16.3. The van der Waals surface area contributed by atoms with E-state index in [4.69, 9.17) is 5.11 Å². The fourth-order valence-corrected chi connectivity index (χ4v) is 0.889. The first-order valence-electron chi connectivity index (χ1n) is 3.59. The zero-order valence-electron chi connectivity index (χ0n) is 6.17. The van der Waals surface area contributed by atoms with Crippen LogP contribution in [0.5, 0.6) is 0 Å². The van der Waals surface area contributed by atoms with Gasteiger partial charge in [-0.2, -0.15) is 0 Å². The maximum atomic E-state index is 8.94. The van der Waals surface area contributed by atoms with E-state index in [0.29, 0.717) is 0 Å². The molecule has 1 heterocycles. The number of rotatable bonds is 3. The van der Waals surface area contributed by atoms with Crippen LogP contribution in [0.2, 0.25) is 0 Å². The summed E-state index contributed by atoms with van der Waals surface area (Å²) in [6.07, 6.45) is 5.48. The van der Waals surface area contributed by atoms with Gasteiger partial charge in [-0.3, -0.25) is 0 Å². The summed E-state index contributed by atoms with van der Waals surface area (Å²) in [6, 6.07) is 2.03. The Morgan fingerprint density at radius 3 is 3.00 bits per heavy atom. The van der Waals surface area contributed by atoms with Crippen molar-refractivity contribution in [3.8, 4) is 0 Å². The van der Waals surface area contributed by atoms with Crippen molar-refractivity contribution >= 4 is 0 Å². The van der Waals surface area contributed by atoms with Crippen LogP contribution in [0, 0.1) is 0 Å². The van der Waals surface area contributed by atoms with Gasteiger partial charge in [0.1, 0.15) is 0 Å². The van der Waals surface area contributed by atoms with Crippen molar-refractivity contribution in [1.29, 1.82) is 0 Å². The molecule has 0 aromatic carbocycles. The number of H-pyrrole nitrogens is 1. The summed E-state index contributed by atoms with van der Waals surface area (Å²) in [4.78, 5) is 2.97. The molecule has 1 aromatic heterocycles. The molecule has 0 spiro atoms. The van der Waals surface area contributed by atoms with E-state index in [1.807, 2.05) is 25.4 Å². The van der Waals surface area contributed by atoms with Gasteiger partial charge in [-0.05, 0) is 31.4 Å². The minimum absolute atomic E-state index is 0.185. The number of nitrogens with one attached hydrogen (secondary N) is 1. The molecule has 0 saturated carbocycles. The molecule has 0 amide bonds. The highest BCUT2D eigenvalue weighted by Gasteiger charge is 1.96. The molecule has 2 N–H and O–H groups in total. The SMILES string of the molecule is CC(O)CCc1cc[nH]c1. The van der Waals surface area contributed by atoms with Gasteiger partial charge in [-0.15, -0.1) is 0 Å². The second-order valence-corrected chi connectivity index (χ2v) is 2.61. The highest BCUT2D eigenvalue weighted by molar-refractivity contribution is 5.08. The molecule has 2 nitrogen and oxygen atoms in total. The van der Waals surface area contributed by atoms with Crippen LogP contribution in [0.4, 0.5) is 0 Å². The minimum atomic E-state index is -0.185. The lowest BCUT2D eigenvalue weighted by Gasteiger charge is -2.00. The van der Waals surface area contributed by atoms with Crippen LogP contribution in [0.15, 0.2) is 18.5 Å². The molecule has 0 bridgehead atoms. The topological polar surface area (TPSA) is 36.0 Å². The third-order valence-corrected chi connectivity index (χ3v) is 1.51. The Morgan fingerprint density at radius 2 is 2.50 bits per heavy atom. The van der Waals surface area contributed by atoms with Crippen LogP contribution >= 0.6 is 0 Å². The fraction of sp³-hybridized carbons (Fsp3) is 0.500. The molecular formula is C8H13NO. The highest BCUT2D eigenvalue weighted by Crippen LogP contribution is 2.02. The predicted molar refractivity (Wildman–Crippen MR) is 40.8 cm³/mol. The Labute approximate surface area is 60.9 Å². The standard InChI is InChI=1S/C8H13NO/c1-7(10)2-3-8-4-5-9-6-8/h4-7,9-10H,2-3H2,1H3. The molecule has 1 unspecified atom stereocenters. The second kappa shape index (κ2) is 3.42. The van der Waals surface area contributed by atoms with E-state index >= 15 is 0 Å². The van der Waals surface area contributed by atoms with E-state index in [1.54, 1.807) is 0 Å².